The minimum atomic E-state index is -0.216. The van der Waals surface area contributed by atoms with Crippen LogP contribution in [0.15, 0.2) is 12.2 Å². The van der Waals surface area contributed by atoms with Crippen molar-refractivity contribution < 1.29 is 26.2 Å². The normalized spacial score (nSPS) is 36.5. The molecule has 0 amide bonds. The van der Waals surface area contributed by atoms with E-state index in [4.69, 9.17) is 0 Å². The Morgan fingerprint density at radius 2 is 1.37 bits per heavy atom. The SMILES string of the molecule is C1=CC2CCC1C2.C[CH2][Al]([CH2]C)[CH2]C.C[CH2][Al]1[CH2]CC2C3CCC(C3)[CH]21.[Zr]. The molecule has 27 heavy (non-hydrogen) atoms. The van der Waals surface area contributed by atoms with Gasteiger partial charge in [0.25, 0.3) is 28.3 Å². The van der Waals surface area contributed by atoms with Crippen molar-refractivity contribution in [2.45, 2.75) is 104 Å². The first-order valence-corrected chi connectivity index (χ1v) is 17.1. The molecule has 4 aliphatic carbocycles. The van der Waals surface area contributed by atoms with Crippen LogP contribution in [0.3, 0.4) is 0 Å². The van der Waals surface area contributed by atoms with Crippen LogP contribution in [0.1, 0.15) is 72.6 Å². The van der Waals surface area contributed by atoms with Crippen molar-refractivity contribution in [3.05, 3.63) is 12.2 Å². The molecule has 1 saturated heterocycles. The van der Waals surface area contributed by atoms with Crippen molar-refractivity contribution >= 4 is 28.3 Å². The molecule has 0 nitrogen and oxygen atoms in total. The fourth-order valence-electron chi connectivity index (χ4n) is 7.28. The maximum Gasteiger partial charge on any atom is 0.266 e. The molecule has 3 heteroatoms. The monoisotopic (exact) mass is 476 g/mol. The second kappa shape index (κ2) is 12.5. The predicted octanol–water partition coefficient (Wildman–Crippen LogP) is 7.83. The summed E-state index contributed by atoms with van der Waals surface area (Å²) in [7, 11) is 0. The van der Waals surface area contributed by atoms with Crippen LogP contribution < -0.4 is 0 Å². The summed E-state index contributed by atoms with van der Waals surface area (Å²) in [6.07, 6.45) is 15.7. The van der Waals surface area contributed by atoms with Crippen molar-refractivity contribution in [2.24, 2.45) is 29.6 Å². The molecule has 0 aromatic heterocycles. The molecule has 6 unspecified atom stereocenters. The Labute approximate surface area is 198 Å². The third-order valence-corrected chi connectivity index (χ3v) is 16.7. The topological polar surface area (TPSA) is 0 Å². The van der Waals surface area contributed by atoms with Gasteiger partial charge in [-0.25, -0.2) is 0 Å². The fourth-order valence-corrected chi connectivity index (χ4v) is 13.5. The summed E-state index contributed by atoms with van der Waals surface area (Å²) in [6.45, 7) is 9.43. The quantitative estimate of drug-likeness (QED) is 0.286. The number of rotatable bonds is 4. The van der Waals surface area contributed by atoms with Gasteiger partial charge in [0.05, 0.1) is 0 Å². The van der Waals surface area contributed by atoms with Crippen molar-refractivity contribution in [1.29, 1.82) is 0 Å². The average Bonchev–Trinajstić information content (AvgIpc) is 3.50. The van der Waals surface area contributed by atoms with Crippen molar-refractivity contribution in [1.82, 2.24) is 0 Å². The summed E-state index contributed by atoms with van der Waals surface area (Å²) < 4.78 is 1.33. The van der Waals surface area contributed by atoms with Gasteiger partial charge in [0.1, 0.15) is 0 Å². The first-order valence-electron chi connectivity index (χ1n) is 12.4. The van der Waals surface area contributed by atoms with Gasteiger partial charge in [-0.2, -0.15) is 0 Å². The molecule has 3 saturated carbocycles. The van der Waals surface area contributed by atoms with Crippen LogP contribution >= 0.6 is 0 Å². The van der Waals surface area contributed by atoms with Gasteiger partial charge < -0.3 is 0 Å². The van der Waals surface area contributed by atoms with Gasteiger partial charge in [-0.3, -0.25) is 0 Å². The molecule has 4 bridgehead atoms. The van der Waals surface area contributed by atoms with Gasteiger partial charge in [0, 0.05) is 26.2 Å². The predicted molar refractivity (Wildman–Crippen MR) is 121 cm³/mol. The second-order valence-electron chi connectivity index (χ2n) is 10.1. The Hall–Kier alpha value is 1.69. The van der Waals surface area contributed by atoms with Crippen molar-refractivity contribution in [2.75, 3.05) is 0 Å². The van der Waals surface area contributed by atoms with Crippen LogP contribution in [0, 0.1) is 29.6 Å². The maximum absolute atomic E-state index is 2.46. The third-order valence-electron chi connectivity index (χ3n) is 9.00. The molecule has 5 rings (SSSR count). The van der Waals surface area contributed by atoms with Crippen LogP contribution in [0.2, 0.25) is 31.2 Å². The van der Waals surface area contributed by atoms with E-state index in [0.29, 0.717) is 0 Å². The van der Waals surface area contributed by atoms with E-state index >= 15 is 0 Å². The van der Waals surface area contributed by atoms with Crippen molar-refractivity contribution in [3.8, 4) is 0 Å². The Bertz CT molecular complexity index is 428. The van der Waals surface area contributed by atoms with E-state index in [1.165, 1.54) is 57.6 Å². The van der Waals surface area contributed by atoms with E-state index in [9.17, 15) is 0 Å². The minimum Gasteiger partial charge on any atom is -0.0967 e. The Balaban J connectivity index is 0.000000152. The van der Waals surface area contributed by atoms with Crippen LogP contribution in [-0.4, -0.2) is 28.3 Å². The second-order valence-corrected chi connectivity index (χ2v) is 18.0. The largest absolute Gasteiger partial charge is 0.266 e. The standard InChI is InChI=1S/C9H14.C7H10.4C2H5.2Al.Zr/c1-2-8-5-7-3-4-9(8)6-7;1-2-7-4-3-6(1)5-7;4*1-2;;;/h5,7-9H,1-4,6H2;1-2,6-7H,3-5H2;4*1H2,2H3;;;. The Morgan fingerprint density at radius 1 is 0.778 bits per heavy atom. The number of allylic oxidation sites excluding steroid dienone is 2. The maximum atomic E-state index is 2.46. The number of fused-ring (bicyclic) bond motifs is 7. The zero-order chi connectivity index (χ0) is 18.5. The minimum absolute atomic E-state index is 0. The molecular formula is C24H44Al2Zr. The Morgan fingerprint density at radius 3 is 1.78 bits per heavy atom. The summed E-state index contributed by atoms with van der Waals surface area (Å²) in [5.41, 5.74) is 0. The van der Waals surface area contributed by atoms with Crippen LogP contribution in [0.4, 0.5) is 0 Å². The van der Waals surface area contributed by atoms with E-state index in [-0.39, 0.29) is 54.5 Å². The van der Waals surface area contributed by atoms with Gasteiger partial charge in [-0.05, 0) is 61.7 Å². The van der Waals surface area contributed by atoms with Gasteiger partial charge in [-0.1, -0.05) is 83.9 Å². The van der Waals surface area contributed by atoms with E-state index < -0.39 is 0 Å². The van der Waals surface area contributed by atoms with Gasteiger partial charge in [-0.15, -0.1) is 0 Å². The molecular weight excluding hydrogens is 433 g/mol. The van der Waals surface area contributed by atoms with Crippen LogP contribution in [0.5, 0.6) is 0 Å². The molecule has 4 fully saturated rings. The third kappa shape index (κ3) is 6.34. The molecule has 0 aromatic carbocycles. The molecule has 0 radical (unpaired) electrons. The molecule has 5 aliphatic rings. The molecule has 0 N–H and O–H groups in total. The summed E-state index contributed by atoms with van der Waals surface area (Å²) in [5, 5.41) is 7.79. The molecule has 150 valence electrons. The van der Waals surface area contributed by atoms with E-state index in [2.05, 4.69) is 39.8 Å². The molecule has 6 atom stereocenters. The smallest absolute Gasteiger partial charge is 0.0967 e. The number of hydrogen-bond acceptors (Lipinski definition) is 0. The fraction of sp³-hybridized carbons (Fsp3) is 0.917. The summed E-state index contributed by atoms with van der Waals surface area (Å²) >= 11 is -0.387. The van der Waals surface area contributed by atoms with E-state index in [0.717, 1.165) is 11.8 Å². The molecule has 1 heterocycles. The number of hydrogen-bond donors (Lipinski definition) is 0. The first kappa shape index (κ1) is 25.0. The van der Waals surface area contributed by atoms with Gasteiger partial charge in [0.15, 0.2) is 0 Å². The van der Waals surface area contributed by atoms with Gasteiger partial charge >= 0.3 is 0 Å². The van der Waals surface area contributed by atoms with Crippen molar-refractivity contribution in [3.63, 3.8) is 0 Å². The van der Waals surface area contributed by atoms with E-state index in [1.54, 1.807) is 36.2 Å². The van der Waals surface area contributed by atoms with Crippen LogP contribution in [0.25, 0.3) is 0 Å². The van der Waals surface area contributed by atoms with Crippen LogP contribution in [-0.2, 0) is 26.2 Å². The molecule has 0 aromatic rings. The zero-order valence-electron chi connectivity index (χ0n) is 18.8. The molecule has 0 spiro atoms. The zero-order valence-corrected chi connectivity index (χ0v) is 23.5. The summed E-state index contributed by atoms with van der Waals surface area (Å²) in [5.74, 6) is 5.68. The summed E-state index contributed by atoms with van der Waals surface area (Å²) in [6, 6.07) is 0. The average molecular weight is 478 g/mol. The van der Waals surface area contributed by atoms with E-state index in [1.807, 2.05) is 0 Å². The van der Waals surface area contributed by atoms with Gasteiger partial charge in [0.2, 0.25) is 0 Å². The summed E-state index contributed by atoms with van der Waals surface area (Å²) in [4.78, 5) is 0. The Kier molecular flexibility index (Phi) is 11.6. The molecule has 1 aliphatic heterocycles. The first-order chi connectivity index (χ1) is 12.7.